The molecule has 1 nitrogen and oxygen atoms in total. The van der Waals surface area contributed by atoms with E-state index in [1.807, 2.05) is 0 Å². The van der Waals surface area contributed by atoms with Gasteiger partial charge >= 0.3 is 0 Å². The van der Waals surface area contributed by atoms with E-state index in [4.69, 9.17) is 0 Å². The second-order valence-electron chi connectivity index (χ2n) is 5.44. The molecule has 0 spiro atoms. The van der Waals surface area contributed by atoms with Crippen molar-refractivity contribution >= 4 is 0 Å². The molecule has 0 bridgehead atoms. The summed E-state index contributed by atoms with van der Waals surface area (Å²) in [6.45, 7) is 14.5. The van der Waals surface area contributed by atoms with Gasteiger partial charge in [-0.25, -0.2) is 0 Å². The van der Waals surface area contributed by atoms with Gasteiger partial charge in [0, 0.05) is 6.04 Å². The monoisotopic (exact) mass is 233 g/mol. The molecule has 0 saturated carbocycles. The Kier molecular flexibility index (Phi) is 5.20. The van der Waals surface area contributed by atoms with Crippen LogP contribution in [0.4, 0.5) is 0 Å². The lowest BCUT2D eigenvalue weighted by Gasteiger charge is -2.20. The Balaban J connectivity index is 2.75. The Bertz CT molecular complexity index is 368. The highest BCUT2D eigenvalue weighted by molar-refractivity contribution is 5.37. The summed E-state index contributed by atoms with van der Waals surface area (Å²) in [5.74, 6) is 0.754. The van der Waals surface area contributed by atoms with Crippen LogP contribution in [-0.4, -0.2) is 6.54 Å². The first-order chi connectivity index (χ1) is 7.95. The van der Waals surface area contributed by atoms with Crippen LogP contribution in [0.3, 0.4) is 0 Å². The molecule has 1 N–H and O–H groups in total. The molecular formula is C16H27N. The fourth-order valence-electron chi connectivity index (χ4n) is 2.08. The Hall–Kier alpha value is -0.820. The van der Waals surface area contributed by atoms with Gasteiger partial charge in [-0.2, -0.15) is 0 Å². The molecular weight excluding hydrogens is 206 g/mol. The SMILES string of the molecule is CCC(C)CNC(C)c1cc(C)c(C)cc1C. The number of aryl methyl sites for hydroxylation is 3. The van der Waals surface area contributed by atoms with Gasteiger partial charge in [0.05, 0.1) is 0 Å². The minimum absolute atomic E-state index is 0.448. The molecule has 0 heterocycles. The highest BCUT2D eigenvalue weighted by Crippen LogP contribution is 2.21. The summed E-state index contributed by atoms with van der Waals surface area (Å²) < 4.78 is 0. The van der Waals surface area contributed by atoms with E-state index in [0.717, 1.165) is 12.5 Å². The molecule has 1 heteroatoms. The maximum atomic E-state index is 3.64. The van der Waals surface area contributed by atoms with Crippen molar-refractivity contribution in [2.24, 2.45) is 5.92 Å². The van der Waals surface area contributed by atoms with E-state index in [-0.39, 0.29) is 0 Å². The fourth-order valence-corrected chi connectivity index (χ4v) is 2.08. The topological polar surface area (TPSA) is 12.0 Å². The molecule has 0 aliphatic rings. The number of nitrogens with one attached hydrogen (secondary N) is 1. The zero-order chi connectivity index (χ0) is 13.0. The van der Waals surface area contributed by atoms with E-state index in [1.165, 1.54) is 28.7 Å². The quantitative estimate of drug-likeness (QED) is 0.799. The first-order valence-corrected chi connectivity index (χ1v) is 6.76. The smallest absolute Gasteiger partial charge is 0.0294 e. The Morgan fingerprint density at radius 1 is 1.00 bits per heavy atom. The summed E-state index contributed by atoms with van der Waals surface area (Å²) in [5, 5.41) is 3.64. The molecule has 96 valence electrons. The summed E-state index contributed by atoms with van der Waals surface area (Å²) in [4.78, 5) is 0. The zero-order valence-corrected chi connectivity index (χ0v) is 12.2. The first-order valence-electron chi connectivity index (χ1n) is 6.76. The van der Waals surface area contributed by atoms with Gasteiger partial charge in [-0.1, -0.05) is 32.4 Å². The second kappa shape index (κ2) is 6.20. The van der Waals surface area contributed by atoms with Crippen LogP contribution >= 0.6 is 0 Å². The Labute approximate surface area is 107 Å². The average molecular weight is 233 g/mol. The van der Waals surface area contributed by atoms with Crippen LogP contribution in [0.15, 0.2) is 12.1 Å². The largest absolute Gasteiger partial charge is 0.310 e. The zero-order valence-electron chi connectivity index (χ0n) is 12.2. The molecule has 2 atom stereocenters. The highest BCUT2D eigenvalue weighted by atomic mass is 14.9. The van der Waals surface area contributed by atoms with Crippen LogP contribution in [0.2, 0.25) is 0 Å². The molecule has 0 radical (unpaired) electrons. The van der Waals surface area contributed by atoms with Crippen molar-refractivity contribution in [2.45, 2.75) is 54.0 Å². The molecule has 1 rings (SSSR count). The molecule has 1 aromatic carbocycles. The highest BCUT2D eigenvalue weighted by Gasteiger charge is 2.10. The van der Waals surface area contributed by atoms with Crippen molar-refractivity contribution in [3.8, 4) is 0 Å². The normalized spacial score (nSPS) is 14.7. The first kappa shape index (κ1) is 14.2. The van der Waals surface area contributed by atoms with E-state index in [2.05, 4.69) is 59.0 Å². The van der Waals surface area contributed by atoms with Crippen molar-refractivity contribution in [1.29, 1.82) is 0 Å². The van der Waals surface area contributed by atoms with E-state index < -0.39 is 0 Å². The molecule has 1 aromatic rings. The molecule has 0 saturated heterocycles. The minimum atomic E-state index is 0.448. The van der Waals surface area contributed by atoms with Crippen LogP contribution in [0, 0.1) is 26.7 Å². The van der Waals surface area contributed by atoms with Crippen molar-refractivity contribution in [3.05, 3.63) is 34.4 Å². The standard InChI is InChI=1S/C16H27N/c1-7-11(2)10-17-15(6)16-9-13(4)12(3)8-14(16)5/h8-9,11,15,17H,7,10H2,1-6H3. The van der Waals surface area contributed by atoms with Crippen molar-refractivity contribution in [2.75, 3.05) is 6.54 Å². The predicted molar refractivity (Wildman–Crippen MR) is 76.5 cm³/mol. The molecule has 17 heavy (non-hydrogen) atoms. The van der Waals surface area contributed by atoms with Crippen molar-refractivity contribution in [1.82, 2.24) is 5.32 Å². The summed E-state index contributed by atoms with van der Waals surface area (Å²) in [5.41, 5.74) is 5.62. The van der Waals surface area contributed by atoms with E-state index in [0.29, 0.717) is 6.04 Å². The van der Waals surface area contributed by atoms with Gasteiger partial charge in [0.2, 0.25) is 0 Å². The van der Waals surface area contributed by atoms with E-state index >= 15 is 0 Å². The molecule has 0 aliphatic carbocycles. The van der Waals surface area contributed by atoms with Crippen LogP contribution < -0.4 is 5.32 Å². The van der Waals surface area contributed by atoms with Crippen molar-refractivity contribution in [3.63, 3.8) is 0 Å². The summed E-state index contributed by atoms with van der Waals surface area (Å²) >= 11 is 0. The van der Waals surface area contributed by atoms with E-state index in [9.17, 15) is 0 Å². The summed E-state index contributed by atoms with van der Waals surface area (Å²) in [6, 6.07) is 5.08. The van der Waals surface area contributed by atoms with Gasteiger partial charge in [0.1, 0.15) is 0 Å². The van der Waals surface area contributed by atoms with Gasteiger partial charge in [-0.3, -0.25) is 0 Å². The third kappa shape index (κ3) is 3.85. The summed E-state index contributed by atoms with van der Waals surface area (Å²) in [6.07, 6.45) is 1.24. The Morgan fingerprint density at radius 2 is 1.59 bits per heavy atom. The number of rotatable bonds is 5. The average Bonchev–Trinajstić information content (AvgIpc) is 2.30. The third-order valence-corrected chi connectivity index (χ3v) is 3.82. The molecule has 0 aliphatic heterocycles. The number of hydrogen-bond donors (Lipinski definition) is 1. The minimum Gasteiger partial charge on any atom is -0.310 e. The predicted octanol–water partition coefficient (Wildman–Crippen LogP) is 4.31. The Morgan fingerprint density at radius 3 is 2.18 bits per heavy atom. The lowest BCUT2D eigenvalue weighted by atomic mass is 9.96. The van der Waals surface area contributed by atoms with Gasteiger partial charge in [-0.15, -0.1) is 0 Å². The van der Waals surface area contributed by atoms with Gasteiger partial charge in [-0.05, 0) is 62.4 Å². The maximum absolute atomic E-state index is 3.64. The molecule has 0 amide bonds. The van der Waals surface area contributed by atoms with Crippen LogP contribution in [0.1, 0.15) is 55.5 Å². The van der Waals surface area contributed by atoms with Gasteiger partial charge in [0.25, 0.3) is 0 Å². The molecule has 0 aromatic heterocycles. The maximum Gasteiger partial charge on any atom is 0.0294 e. The summed E-state index contributed by atoms with van der Waals surface area (Å²) in [7, 11) is 0. The molecule has 0 fully saturated rings. The van der Waals surface area contributed by atoms with Crippen LogP contribution in [0.25, 0.3) is 0 Å². The van der Waals surface area contributed by atoms with Gasteiger partial charge < -0.3 is 5.32 Å². The van der Waals surface area contributed by atoms with Crippen LogP contribution in [0.5, 0.6) is 0 Å². The van der Waals surface area contributed by atoms with Gasteiger partial charge in [0.15, 0.2) is 0 Å². The third-order valence-electron chi connectivity index (χ3n) is 3.82. The van der Waals surface area contributed by atoms with E-state index in [1.54, 1.807) is 0 Å². The second-order valence-corrected chi connectivity index (χ2v) is 5.44. The lowest BCUT2D eigenvalue weighted by molar-refractivity contribution is 0.460. The van der Waals surface area contributed by atoms with Crippen LogP contribution in [-0.2, 0) is 0 Å². The number of benzene rings is 1. The molecule has 2 unspecified atom stereocenters. The number of hydrogen-bond acceptors (Lipinski definition) is 1. The lowest BCUT2D eigenvalue weighted by Crippen LogP contribution is -2.24. The fraction of sp³-hybridized carbons (Fsp3) is 0.625. The van der Waals surface area contributed by atoms with Crippen molar-refractivity contribution < 1.29 is 0 Å².